The molecule has 2 heterocycles. The molecule has 3 rings (SSSR count). The lowest BCUT2D eigenvalue weighted by atomic mass is 9.91. The Morgan fingerprint density at radius 2 is 2.17 bits per heavy atom. The fourth-order valence-corrected chi connectivity index (χ4v) is 3.28. The molecule has 0 amide bonds. The number of nitrogens with one attached hydrogen (secondary N) is 1. The molecular formula is C16H22N2. The van der Waals surface area contributed by atoms with Gasteiger partial charge in [0.2, 0.25) is 0 Å². The quantitative estimate of drug-likeness (QED) is 0.868. The van der Waals surface area contributed by atoms with E-state index in [0.717, 1.165) is 18.5 Å². The normalized spacial score (nSPS) is 24.3. The van der Waals surface area contributed by atoms with Gasteiger partial charge in [0.25, 0.3) is 0 Å². The molecule has 1 aliphatic heterocycles. The molecule has 0 spiro atoms. The van der Waals surface area contributed by atoms with Crippen LogP contribution in [0.5, 0.6) is 0 Å². The van der Waals surface area contributed by atoms with Crippen LogP contribution in [0.15, 0.2) is 30.5 Å². The minimum Gasteiger partial charge on any atom is -0.361 e. The monoisotopic (exact) mass is 242 g/mol. The van der Waals surface area contributed by atoms with Crippen molar-refractivity contribution >= 4 is 10.9 Å². The van der Waals surface area contributed by atoms with Crippen LogP contribution in [0.2, 0.25) is 0 Å². The van der Waals surface area contributed by atoms with E-state index in [9.17, 15) is 0 Å². The van der Waals surface area contributed by atoms with Crippen molar-refractivity contribution in [3.63, 3.8) is 0 Å². The molecule has 2 nitrogen and oxygen atoms in total. The SMILES string of the molecule is CCC1CC(C)N1CCc1c[nH]c2ccccc12. The first-order valence-corrected chi connectivity index (χ1v) is 7.10. The molecule has 1 aliphatic rings. The number of nitrogens with zero attached hydrogens (tertiary/aromatic N) is 1. The molecule has 0 saturated carbocycles. The summed E-state index contributed by atoms with van der Waals surface area (Å²) in [5.74, 6) is 0. The summed E-state index contributed by atoms with van der Waals surface area (Å²) >= 11 is 0. The zero-order valence-corrected chi connectivity index (χ0v) is 11.3. The zero-order chi connectivity index (χ0) is 12.5. The zero-order valence-electron chi connectivity index (χ0n) is 11.3. The maximum Gasteiger partial charge on any atom is 0.0456 e. The first-order valence-electron chi connectivity index (χ1n) is 7.10. The number of benzene rings is 1. The number of hydrogen-bond acceptors (Lipinski definition) is 1. The van der Waals surface area contributed by atoms with Crippen LogP contribution < -0.4 is 0 Å². The molecule has 96 valence electrons. The third-order valence-electron chi connectivity index (χ3n) is 4.43. The minimum atomic E-state index is 0.778. The fraction of sp³-hybridized carbons (Fsp3) is 0.500. The summed E-state index contributed by atoms with van der Waals surface area (Å²) in [7, 11) is 0. The number of rotatable bonds is 4. The van der Waals surface area contributed by atoms with Crippen LogP contribution >= 0.6 is 0 Å². The number of aromatic amines is 1. The summed E-state index contributed by atoms with van der Waals surface area (Å²) in [4.78, 5) is 6.02. The predicted molar refractivity (Wildman–Crippen MR) is 76.9 cm³/mol. The molecule has 18 heavy (non-hydrogen) atoms. The second kappa shape index (κ2) is 4.77. The molecular weight excluding hydrogens is 220 g/mol. The molecule has 2 unspecified atom stereocenters. The van der Waals surface area contributed by atoms with Crippen molar-refractivity contribution in [3.05, 3.63) is 36.0 Å². The molecule has 1 N–H and O–H groups in total. The Kier molecular flexibility index (Phi) is 3.13. The van der Waals surface area contributed by atoms with Gasteiger partial charge in [-0.15, -0.1) is 0 Å². The highest BCUT2D eigenvalue weighted by molar-refractivity contribution is 5.83. The third-order valence-corrected chi connectivity index (χ3v) is 4.43. The predicted octanol–water partition coefficient (Wildman–Crippen LogP) is 3.58. The Bertz CT molecular complexity index is 529. The van der Waals surface area contributed by atoms with E-state index < -0.39 is 0 Å². The van der Waals surface area contributed by atoms with Crippen molar-refractivity contribution in [2.75, 3.05) is 6.54 Å². The maximum atomic E-state index is 3.37. The molecule has 0 radical (unpaired) electrons. The second-order valence-electron chi connectivity index (χ2n) is 5.49. The van der Waals surface area contributed by atoms with Gasteiger partial charge in [-0.25, -0.2) is 0 Å². The Labute approximate surface area is 109 Å². The molecule has 2 heteroatoms. The molecule has 1 fully saturated rings. The van der Waals surface area contributed by atoms with Gasteiger partial charge >= 0.3 is 0 Å². The summed E-state index contributed by atoms with van der Waals surface area (Å²) in [5.41, 5.74) is 2.72. The molecule has 2 atom stereocenters. The Hall–Kier alpha value is -1.28. The van der Waals surface area contributed by atoms with Gasteiger partial charge in [0, 0.05) is 35.7 Å². The molecule has 1 aromatic carbocycles. The number of hydrogen-bond donors (Lipinski definition) is 1. The van der Waals surface area contributed by atoms with E-state index in [-0.39, 0.29) is 0 Å². The van der Waals surface area contributed by atoms with Crippen molar-refractivity contribution in [1.29, 1.82) is 0 Å². The van der Waals surface area contributed by atoms with Crippen LogP contribution in [-0.4, -0.2) is 28.5 Å². The lowest BCUT2D eigenvalue weighted by Gasteiger charge is -2.47. The van der Waals surface area contributed by atoms with Gasteiger partial charge < -0.3 is 4.98 Å². The van der Waals surface area contributed by atoms with Gasteiger partial charge in [0.05, 0.1) is 0 Å². The number of H-pyrrole nitrogens is 1. The van der Waals surface area contributed by atoms with Gasteiger partial charge in [0.15, 0.2) is 0 Å². The lowest BCUT2D eigenvalue weighted by Crippen LogP contribution is -2.54. The van der Waals surface area contributed by atoms with Crippen molar-refractivity contribution in [3.8, 4) is 0 Å². The first-order chi connectivity index (χ1) is 8.79. The molecule has 1 saturated heterocycles. The first kappa shape index (κ1) is 11.8. The molecule has 0 bridgehead atoms. The van der Waals surface area contributed by atoms with Gasteiger partial charge in [-0.2, -0.15) is 0 Å². The van der Waals surface area contributed by atoms with E-state index in [1.54, 1.807) is 0 Å². The molecule has 2 aromatic rings. The maximum absolute atomic E-state index is 3.37. The van der Waals surface area contributed by atoms with E-state index in [1.807, 2.05) is 0 Å². The number of para-hydroxylation sites is 1. The van der Waals surface area contributed by atoms with Crippen LogP contribution in [0.1, 0.15) is 32.3 Å². The third kappa shape index (κ3) is 1.95. The average molecular weight is 242 g/mol. The minimum absolute atomic E-state index is 0.778. The number of fused-ring (bicyclic) bond motifs is 1. The molecule has 0 aliphatic carbocycles. The molecule has 1 aromatic heterocycles. The van der Waals surface area contributed by atoms with Crippen molar-refractivity contribution in [2.24, 2.45) is 0 Å². The largest absolute Gasteiger partial charge is 0.361 e. The van der Waals surface area contributed by atoms with E-state index in [4.69, 9.17) is 0 Å². The Morgan fingerprint density at radius 1 is 1.33 bits per heavy atom. The Balaban J connectivity index is 1.70. The fourth-order valence-electron chi connectivity index (χ4n) is 3.28. The smallest absolute Gasteiger partial charge is 0.0456 e. The summed E-state index contributed by atoms with van der Waals surface area (Å²) in [6.45, 7) is 5.85. The highest BCUT2D eigenvalue weighted by Crippen LogP contribution is 2.28. The average Bonchev–Trinajstić information content (AvgIpc) is 2.79. The topological polar surface area (TPSA) is 19.0 Å². The number of likely N-dealkylation sites (tertiary alicyclic amines) is 1. The summed E-state index contributed by atoms with van der Waals surface area (Å²) in [5, 5.41) is 1.39. The van der Waals surface area contributed by atoms with Crippen molar-refractivity contribution in [2.45, 2.75) is 45.2 Å². The summed E-state index contributed by atoms with van der Waals surface area (Å²) in [6, 6.07) is 10.2. The van der Waals surface area contributed by atoms with Crippen LogP contribution in [0, 0.1) is 0 Å². The van der Waals surface area contributed by atoms with Crippen LogP contribution in [-0.2, 0) is 6.42 Å². The van der Waals surface area contributed by atoms with Gasteiger partial charge in [-0.3, -0.25) is 4.90 Å². The van der Waals surface area contributed by atoms with Crippen LogP contribution in [0.4, 0.5) is 0 Å². The number of aromatic nitrogens is 1. The lowest BCUT2D eigenvalue weighted by molar-refractivity contribution is 0.0255. The van der Waals surface area contributed by atoms with Gasteiger partial charge in [-0.1, -0.05) is 25.1 Å². The van der Waals surface area contributed by atoms with E-state index in [1.165, 1.54) is 35.9 Å². The standard InChI is InChI=1S/C16H22N2/c1-3-14-10-12(2)18(14)9-8-13-11-17-16-7-5-4-6-15(13)16/h4-7,11-12,14,17H,3,8-10H2,1-2H3. The van der Waals surface area contributed by atoms with E-state index in [2.05, 4.69) is 54.2 Å². The summed E-state index contributed by atoms with van der Waals surface area (Å²) < 4.78 is 0. The highest BCUT2D eigenvalue weighted by Gasteiger charge is 2.32. The van der Waals surface area contributed by atoms with Crippen molar-refractivity contribution < 1.29 is 0 Å². The van der Waals surface area contributed by atoms with Crippen molar-refractivity contribution in [1.82, 2.24) is 9.88 Å². The highest BCUT2D eigenvalue weighted by atomic mass is 15.2. The van der Waals surface area contributed by atoms with E-state index in [0.29, 0.717) is 0 Å². The van der Waals surface area contributed by atoms with Gasteiger partial charge in [0.1, 0.15) is 0 Å². The Morgan fingerprint density at radius 3 is 2.94 bits per heavy atom. The summed E-state index contributed by atoms with van der Waals surface area (Å²) in [6.07, 6.45) is 6.00. The van der Waals surface area contributed by atoms with Crippen LogP contribution in [0.3, 0.4) is 0 Å². The van der Waals surface area contributed by atoms with E-state index >= 15 is 0 Å². The second-order valence-corrected chi connectivity index (χ2v) is 5.49. The van der Waals surface area contributed by atoms with Gasteiger partial charge in [-0.05, 0) is 37.8 Å². The van der Waals surface area contributed by atoms with Crippen LogP contribution in [0.25, 0.3) is 10.9 Å².